The standard InChI is InChI=1S/C17H20N2O3/c1-2-22-17(21)13-6-4-10-19(11-13)16(20)14-7-3-5-12-8-9-18-15(12)14/h3,5,7-9,13,18H,2,4,6,10-11H2,1H3. The number of amides is 1. The van der Waals surface area contributed by atoms with Crippen molar-refractivity contribution in [3.8, 4) is 0 Å². The maximum absolute atomic E-state index is 12.8. The quantitative estimate of drug-likeness (QED) is 0.886. The molecule has 22 heavy (non-hydrogen) atoms. The summed E-state index contributed by atoms with van der Waals surface area (Å²) in [5, 5.41) is 1.02. The Morgan fingerprint density at radius 2 is 2.23 bits per heavy atom. The number of hydrogen-bond donors (Lipinski definition) is 1. The van der Waals surface area contributed by atoms with Crippen LogP contribution in [0.4, 0.5) is 0 Å². The molecule has 1 saturated heterocycles. The largest absolute Gasteiger partial charge is 0.466 e. The van der Waals surface area contributed by atoms with E-state index in [0.29, 0.717) is 25.3 Å². The first-order chi connectivity index (χ1) is 10.7. The maximum Gasteiger partial charge on any atom is 0.310 e. The van der Waals surface area contributed by atoms with Crippen LogP contribution in [0.3, 0.4) is 0 Å². The van der Waals surface area contributed by atoms with E-state index in [0.717, 1.165) is 23.7 Å². The van der Waals surface area contributed by atoms with E-state index < -0.39 is 0 Å². The van der Waals surface area contributed by atoms with Crippen LogP contribution in [-0.2, 0) is 9.53 Å². The van der Waals surface area contributed by atoms with Crippen LogP contribution in [0.1, 0.15) is 30.1 Å². The first-order valence-corrected chi connectivity index (χ1v) is 7.72. The number of carbonyl (C=O) groups is 2. The molecule has 2 heterocycles. The fraction of sp³-hybridized carbons (Fsp3) is 0.412. The van der Waals surface area contributed by atoms with Crippen LogP contribution >= 0.6 is 0 Å². The number of carbonyl (C=O) groups excluding carboxylic acids is 2. The van der Waals surface area contributed by atoms with Gasteiger partial charge in [0.1, 0.15) is 0 Å². The molecule has 1 fully saturated rings. The van der Waals surface area contributed by atoms with Gasteiger partial charge in [0.15, 0.2) is 0 Å². The molecule has 0 saturated carbocycles. The third-order valence-electron chi connectivity index (χ3n) is 4.15. The molecule has 1 aliphatic rings. The average Bonchev–Trinajstić information content (AvgIpc) is 3.03. The summed E-state index contributed by atoms with van der Waals surface area (Å²) in [6.07, 6.45) is 3.45. The first kappa shape index (κ1) is 14.6. The summed E-state index contributed by atoms with van der Waals surface area (Å²) in [6, 6.07) is 7.63. The van der Waals surface area contributed by atoms with E-state index >= 15 is 0 Å². The zero-order chi connectivity index (χ0) is 15.5. The van der Waals surface area contributed by atoms with Gasteiger partial charge in [-0.2, -0.15) is 0 Å². The normalized spacial score (nSPS) is 18.4. The number of fused-ring (bicyclic) bond motifs is 1. The van der Waals surface area contributed by atoms with Crippen molar-refractivity contribution in [2.24, 2.45) is 5.92 Å². The summed E-state index contributed by atoms with van der Waals surface area (Å²) in [6.45, 7) is 3.31. The van der Waals surface area contributed by atoms with E-state index in [9.17, 15) is 9.59 Å². The molecule has 1 atom stereocenters. The summed E-state index contributed by atoms with van der Waals surface area (Å²) < 4.78 is 5.09. The molecule has 3 rings (SSSR count). The molecule has 5 nitrogen and oxygen atoms in total. The summed E-state index contributed by atoms with van der Waals surface area (Å²) in [5.74, 6) is -0.430. The van der Waals surface area contributed by atoms with E-state index in [1.54, 1.807) is 11.8 Å². The highest BCUT2D eigenvalue weighted by Crippen LogP contribution is 2.23. The Morgan fingerprint density at radius 1 is 1.36 bits per heavy atom. The molecule has 1 unspecified atom stereocenters. The lowest BCUT2D eigenvalue weighted by molar-refractivity contribution is -0.149. The first-order valence-electron chi connectivity index (χ1n) is 7.72. The number of piperidine rings is 1. The van der Waals surface area contributed by atoms with Gasteiger partial charge in [0, 0.05) is 24.7 Å². The van der Waals surface area contributed by atoms with E-state index in [4.69, 9.17) is 4.74 Å². The highest BCUT2D eigenvalue weighted by molar-refractivity contribution is 6.05. The highest BCUT2D eigenvalue weighted by atomic mass is 16.5. The van der Waals surface area contributed by atoms with Crippen LogP contribution in [0.25, 0.3) is 10.9 Å². The van der Waals surface area contributed by atoms with Crippen LogP contribution in [0.15, 0.2) is 30.5 Å². The Kier molecular flexibility index (Phi) is 4.13. The minimum Gasteiger partial charge on any atom is -0.466 e. The zero-order valence-corrected chi connectivity index (χ0v) is 12.7. The summed E-state index contributed by atoms with van der Waals surface area (Å²) in [5.41, 5.74) is 1.51. The van der Waals surface area contributed by atoms with Crippen molar-refractivity contribution in [3.63, 3.8) is 0 Å². The number of esters is 1. The minimum absolute atomic E-state index is 0.0259. The van der Waals surface area contributed by atoms with Gasteiger partial charge in [-0.1, -0.05) is 12.1 Å². The van der Waals surface area contributed by atoms with Gasteiger partial charge in [-0.3, -0.25) is 9.59 Å². The molecule has 1 aromatic heterocycles. The van der Waals surface area contributed by atoms with Gasteiger partial charge in [0.2, 0.25) is 0 Å². The van der Waals surface area contributed by atoms with Gasteiger partial charge in [-0.25, -0.2) is 0 Å². The lowest BCUT2D eigenvalue weighted by Gasteiger charge is -2.31. The molecule has 5 heteroatoms. The highest BCUT2D eigenvalue weighted by Gasteiger charge is 2.30. The van der Waals surface area contributed by atoms with Crippen molar-refractivity contribution in [2.75, 3.05) is 19.7 Å². The number of ether oxygens (including phenoxy) is 1. The van der Waals surface area contributed by atoms with Crippen molar-refractivity contribution < 1.29 is 14.3 Å². The monoisotopic (exact) mass is 300 g/mol. The second-order valence-electron chi connectivity index (χ2n) is 5.59. The topological polar surface area (TPSA) is 62.4 Å². The smallest absolute Gasteiger partial charge is 0.310 e. The van der Waals surface area contributed by atoms with Gasteiger partial charge in [-0.05, 0) is 31.9 Å². The van der Waals surface area contributed by atoms with E-state index in [1.807, 2.05) is 30.5 Å². The average molecular weight is 300 g/mol. The van der Waals surface area contributed by atoms with Crippen LogP contribution in [0, 0.1) is 5.92 Å². The Bertz CT molecular complexity index is 692. The third kappa shape index (κ3) is 2.71. The number of nitrogens with zero attached hydrogens (tertiary/aromatic N) is 1. The Morgan fingerprint density at radius 3 is 3.05 bits per heavy atom. The fourth-order valence-electron chi connectivity index (χ4n) is 3.05. The summed E-state index contributed by atoms with van der Waals surface area (Å²) in [4.78, 5) is 29.6. The predicted molar refractivity (Wildman–Crippen MR) is 83.6 cm³/mol. The Hall–Kier alpha value is -2.30. The van der Waals surface area contributed by atoms with Crippen LogP contribution in [-0.4, -0.2) is 41.5 Å². The number of hydrogen-bond acceptors (Lipinski definition) is 3. The number of benzene rings is 1. The molecular weight excluding hydrogens is 280 g/mol. The van der Waals surface area contributed by atoms with Crippen molar-refractivity contribution in [1.82, 2.24) is 9.88 Å². The fourth-order valence-corrected chi connectivity index (χ4v) is 3.05. The minimum atomic E-state index is -0.208. The number of H-pyrrole nitrogens is 1. The number of aromatic nitrogens is 1. The van der Waals surface area contributed by atoms with Crippen molar-refractivity contribution >= 4 is 22.8 Å². The molecule has 1 amide bonds. The molecule has 0 radical (unpaired) electrons. The lowest BCUT2D eigenvalue weighted by Crippen LogP contribution is -2.42. The van der Waals surface area contributed by atoms with Gasteiger partial charge in [0.25, 0.3) is 5.91 Å². The van der Waals surface area contributed by atoms with E-state index in [-0.39, 0.29) is 17.8 Å². The van der Waals surface area contributed by atoms with Crippen molar-refractivity contribution in [3.05, 3.63) is 36.0 Å². The van der Waals surface area contributed by atoms with E-state index in [1.165, 1.54) is 0 Å². The zero-order valence-electron chi connectivity index (χ0n) is 12.7. The molecule has 2 aromatic rings. The van der Waals surface area contributed by atoms with Crippen LogP contribution < -0.4 is 0 Å². The number of nitrogens with one attached hydrogen (secondary N) is 1. The van der Waals surface area contributed by atoms with Gasteiger partial charge in [-0.15, -0.1) is 0 Å². The van der Waals surface area contributed by atoms with Gasteiger partial charge in [0.05, 0.1) is 23.6 Å². The molecule has 0 spiro atoms. The molecule has 1 aliphatic heterocycles. The number of para-hydroxylation sites is 1. The molecule has 1 aromatic carbocycles. The third-order valence-corrected chi connectivity index (χ3v) is 4.15. The number of likely N-dealkylation sites (tertiary alicyclic amines) is 1. The van der Waals surface area contributed by atoms with E-state index in [2.05, 4.69) is 4.98 Å². The molecular formula is C17H20N2O3. The summed E-state index contributed by atoms with van der Waals surface area (Å²) in [7, 11) is 0. The van der Waals surface area contributed by atoms with Crippen molar-refractivity contribution in [2.45, 2.75) is 19.8 Å². The molecule has 116 valence electrons. The molecule has 1 N–H and O–H groups in total. The van der Waals surface area contributed by atoms with Gasteiger partial charge >= 0.3 is 5.97 Å². The molecule has 0 aliphatic carbocycles. The van der Waals surface area contributed by atoms with Gasteiger partial charge < -0.3 is 14.6 Å². The summed E-state index contributed by atoms with van der Waals surface area (Å²) >= 11 is 0. The second-order valence-corrected chi connectivity index (χ2v) is 5.59. The van der Waals surface area contributed by atoms with Crippen molar-refractivity contribution in [1.29, 1.82) is 0 Å². The Balaban J connectivity index is 1.80. The predicted octanol–water partition coefficient (Wildman–Crippen LogP) is 2.58. The van der Waals surface area contributed by atoms with Crippen LogP contribution in [0.2, 0.25) is 0 Å². The number of rotatable bonds is 3. The Labute approximate surface area is 129 Å². The second kappa shape index (κ2) is 6.22. The lowest BCUT2D eigenvalue weighted by atomic mass is 9.97. The molecule has 0 bridgehead atoms. The maximum atomic E-state index is 12.8. The van der Waals surface area contributed by atoms with Crippen LogP contribution in [0.5, 0.6) is 0 Å². The SMILES string of the molecule is CCOC(=O)C1CCCN(C(=O)c2cccc3cc[nH]c23)C1. The number of aromatic amines is 1.